The molecule has 2 amide bonds. The van der Waals surface area contributed by atoms with Gasteiger partial charge in [0.25, 0.3) is 5.91 Å². The van der Waals surface area contributed by atoms with Gasteiger partial charge in [-0.15, -0.1) is 0 Å². The zero-order valence-electron chi connectivity index (χ0n) is 19.4. The standard InChI is InChI=1S/C26H28N2O7/c1-33-22-13-28(12-19(22)25(30)31)24(29)23-21(10-11-34-23)27-26(32)35-14-20-17-8-4-2-6-15(17)16-7-3-5-9-18(16)20/h2-9,19-23H,10-14H2,1H3,(H,27,32)(H,30,31)/t19?,21-,22?,23+/m1/s1. The van der Waals surface area contributed by atoms with Crippen LogP contribution in [-0.2, 0) is 23.8 Å². The maximum atomic E-state index is 13.1. The van der Waals surface area contributed by atoms with Gasteiger partial charge in [0, 0.05) is 32.7 Å². The van der Waals surface area contributed by atoms with Crippen molar-refractivity contribution in [2.75, 3.05) is 33.4 Å². The number of alkyl carbamates (subject to hydrolysis) is 1. The molecule has 3 aliphatic rings. The van der Waals surface area contributed by atoms with Crippen LogP contribution in [0.25, 0.3) is 11.1 Å². The van der Waals surface area contributed by atoms with E-state index >= 15 is 0 Å². The quantitative estimate of drug-likeness (QED) is 0.652. The minimum absolute atomic E-state index is 0.0458. The summed E-state index contributed by atoms with van der Waals surface area (Å²) >= 11 is 0. The van der Waals surface area contributed by atoms with Crippen molar-refractivity contribution in [2.24, 2.45) is 5.92 Å². The molecule has 2 heterocycles. The molecule has 2 fully saturated rings. The van der Waals surface area contributed by atoms with Gasteiger partial charge in [0.15, 0.2) is 6.10 Å². The average Bonchev–Trinajstić information content (AvgIpc) is 3.58. The third-order valence-corrected chi connectivity index (χ3v) is 7.18. The first-order valence-electron chi connectivity index (χ1n) is 11.8. The van der Waals surface area contributed by atoms with Crippen LogP contribution in [0.3, 0.4) is 0 Å². The lowest BCUT2D eigenvalue weighted by Crippen LogP contribution is -2.49. The van der Waals surface area contributed by atoms with E-state index in [2.05, 4.69) is 29.6 Å². The molecule has 9 heteroatoms. The van der Waals surface area contributed by atoms with Crippen molar-refractivity contribution >= 4 is 18.0 Å². The van der Waals surface area contributed by atoms with Gasteiger partial charge >= 0.3 is 12.1 Å². The van der Waals surface area contributed by atoms with Crippen molar-refractivity contribution in [3.63, 3.8) is 0 Å². The van der Waals surface area contributed by atoms with Crippen molar-refractivity contribution in [3.8, 4) is 11.1 Å². The maximum absolute atomic E-state index is 13.1. The summed E-state index contributed by atoms with van der Waals surface area (Å²) in [7, 11) is 1.43. The lowest BCUT2D eigenvalue weighted by molar-refractivity contribution is -0.144. The fraction of sp³-hybridized carbons (Fsp3) is 0.423. The number of hydrogen-bond donors (Lipinski definition) is 2. The highest BCUT2D eigenvalue weighted by Gasteiger charge is 2.45. The highest BCUT2D eigenvalue weighted by atomic mass is 16.6. The molecule has 9 nitrogen and oxygen atoms in total. The Hall–Kier alpha value is -3.43. The van der Waals surface area contributed by atoms with Crippen LogP contribution in [-0.4, -0.2) is 79.6 Å². The van der Waals surface area contributed by atoms with E-state index in [4.69, 9.17) is 14.2 Å². The Kier molecular flexibility index (Phi) is 6.44. The summed E-state index contributed by atoms with van der Waals surface area (Å²) in [4.78, 5) is 38.7. The third-order valence-electron chi connectivity index (χ3n) is 7.18. The molecule has 0 aromatic heterocycles. The minimum Gasteiger partial charge on any atom is -0.481 e. The number of rotatable bonds is 6. The summed E-state index contributed by atoms with van der Waals surface area (Å²) in [6.45, 7) is 0.705. The molecule has 35 heavy (non-hydrogen) atoms. The molecule has 4 atom stereocenters. The number of amides is 2. The molecule has 0 spiro atoms. The number of ether oxygens (including phenoxy) is 3. The lowest BCUT2D eigenvalue weighted by Gasteiger charge is -2.24. The van der Waals surface area contributed by atoms with E-state index in [0.717, 1.165) is 22.3 Å². The van der Waals surface area contributed by atoms with E-state index in [1.54, 1.807) is 0 Å². The van der Waals surface area contributed by atoms with Crippen molar-refractivity contribution in [1.82, 2.24) is 10.2 Å². The van der Waals surface area contributed by atoms with E-state index in [0.29, 0.717) is 13.0 Å². The Bertz CT molecular complexity index is 1090. The van der Waals surface area contributed by atoms with Crippen LogP contribution in [0.1, 0.15) is 23.5 Å². The third kappa shape index (κ3) is 4.37. The monoisotopic (exact) mass is 480 g/mol. The summed E-state index contributed by atoms with van der Waals surface area (Å²) in [5, 5.41) is 12.2. The topological polar surface area (TPSA) is 114 Å². The Morgan fingerprint density at radius 2 is 1.71 bits per heavy atom. The first-order chi connectivity index (χ1) is 17.0. The van der Waals surface area contributed by atoms with Gasteiger partial charge in [-0.3, -0.25) is 9.59 Å². The summed E-state index contributed by atoms with van der Waals surface area (Å²) in [6.07, 6.45) is -1.61. The Morgan fingerprint density at radius 1 is 1.06 bits per heavy atom. The highest BCUT2D eigenvalue weighted by Crippen LogP contribution is 2.44. The van der Waals surface area contributed by atoms with E-state index in [1.165, 1.54) is 12.0 Å². The molecular weight excluding hydrogens is 452 g/mol. The predicted octanol–water partition coefficient (Wildman–Crippen LogP) is 2.24. The molecule has 1 aliphatic carbocycles. The van der Waals surface area contributed by atoms with Crippen molar-refractivity contribution in [2.45, 2.75) is 30.6 Å². The van der Waals surface area contributed by atoms with Gasteiger partial charge in [-0.25, -0.2) is 4.79 Å². The molecule has 2 unspecified atom stereocenters. The summed E-state index contributed by atoms with van der Waals surface area (Å²) in [6, 6.07) is 15.6. The normalized spacial score (nSPS) is 25.2. The molecule has 5 rings (SSSR count). The molecule has 2 N–H and O–H groups in total. The van der Waals surface area contributed by atoms with Gasteiger partial charge in [-0.2, -0.15) is 0 Å². The van der Waals surface area contributed by atoms with E-state index in [-0.39, 0.29) is 31.5 Å². The lowest BCUT2D eigenvalue weighted by atomic mass is 9.98. The number of hydrogen-bond acceptors (Lipinski definition) is 6. The van der Waals surface area contributed by atoms with Crippen LogP contribution < -0.4 is 5.32 Å². The van der Waals surface area contributed by atoms with E-state index < -0.39 is 36.2 Å². The minimum atomic E-state index is -1.01. The Morgan fingerprint density at radius 3 is 2.31 bits per heavy atom. The number of nitrogens with one attached hydrogen (secondary N) is 1. The predicted molar refractivity (Wildman–Crippen MR) is 125 cm³/mol. The van der Waals surface area contributed by atoms with Crippen LogP contribution >= 0.6 is 0 Å². The molecule has 2 saturated heterocycles. The number of aliphatic carboxylic acids is 1. The summed E-state index contributed by atoms with van der Waals surface area (Å²) in [5.41, 5.74) is 4.53. The second-order valence-corrected chi connectivity index (χ2v) is 9.12. The van der Waals surface area contributed by atoms with Gasteiger partial charge in [-0.05, 0) is 28.7 Å². The number of likely N-dealkylation sites (tertiary alicyclic amines) is 1. The van der Waals surface area contributed by atoms with Crippen molar-refractivity contribution < 1.29 is 33.7 Å². The Labute approximate surface area is 203 Å². The van der Waals surface area contributed by atoms with Crippen LogP contribution in [0.15, 0.2) is 48.5 Å². The summed E-state index contributed by atoms with van der Waals surface area (Å²) < 4.78 is 16.5. The number of carboxylic acids is 1. The number of nitrogens with zero attached hydrogens (tertiary/aromatic N) is 1. The number of fused-ring (bicyclic) bond motifs is 3. The maximum Gasteiger partial charge on any atom is 0.407 e. The van der Waals surface area contributed by atoms with Gasteiger partial charge in [-0.1, -0.05) is 48.5 Å². The average molecular weight is 481 g/mol. The number of carboxylic acid groups (broad SMARTS) is 1. The molecular formula is C26H28N2O7. The van der Waals surface area contributed by atoms with Crippen molar-refractivity contribution in [1.29, 1.82) is 0 Å². The first kappa shape index (κ1) is 23.3. The van der Waals surface area contributed by atoms with Crippen LogP contribution in [0.2, 0.25) is 0 Å². The van der Waals surface area contributed by atoms with Gasteiger partial charge in [0.05, 0.1) is 12.1 Å². The smallest absolute Gasteiger partial charge is 0.407 e. The number of benzene rings is 2. The van der Waals surface area contributed by atoms with E-state index in [9.17, 15) is 19.5 Å². The Balaban J connectivity index is 1.21. The molecule has 2 aliphatic heterocycles. The molecule has 184 valence electrons. The van der Waals surface area contributed by atoms with E-state index in [1.807, 2.05) is 24.3 Å². The van der Waals surface area contributed by atoms with Gasteiger partial charge < -0.3 is 29.5 Å². The van der Waals surface area contributed by atoms with Crippen molar-refractivity contribution in [3.05, 3.63) is 59.7 Å². The second-order valence-electron chi connectivity index (χ2n) is 9.12. The van der Waals surface area contributed by atoms with Crippen LogP contribution in [0.4, 0.5) is 4.79 Å². The first-order valence-corrected chi connectivity index (χ1v) is 11.8. The molecule has 0 radical (unpaired) electrons. The zero-order valence-corrected chi connectivity index (χ0v) is 19.4. The molecule has 0 bridgehead atoms. The molecule has 0 saturated carbocycles. The molecule has 2 aromatic rings. The molecule has 2 aromatic carbocycles. The fourth-order valence-electron chi connectivity index (χ4n) is 5.38. The zero-order chi connectivity index (χ0) is 24.5. The second kappa shape index (κ2) is 9.67. The SMILES string of the molecule is COC1CN(C(=O)[C@H]2OCC[C@H]2NC(=O)OCC2c3ccccc3-c3ccccc32)CC1C(=O)O. The fourth-order valence-corrected chi connectivity index (χ4v) is 5.38. The summed E-state index contributed by atoms with van der Waals surface area (Å²) in [5.74, 6) is -2.21. The van der Waals surface area contributed by atoms with Gasteiger partial charge in [0.2, 0.25) is 0 Å². The number of methoxy groups -OCH3 is 1. The van der Waals surface area contributed by atoms with Crippen LogP contribution in [0.5, 0.6) is 0 Å². The largest absolute Gasteiger partial charge is 0.481 e. The highest BCUT2D eigenvalue weighted by molar-refractivity contribution is 5.85. The number of carbonyl (C=O) groups is 3. The van der Waals surface area contributed by atoms with Crippen LogP contribution in [0, 0.1) is 5.92 Å². The van der Waals surface area contributed by atoms with Gasteiger partial charge in [0.1, 0.15) is 12.5 Å². The number of carbonyl (C=O) groups excluding carboxylic acids is 2.